The third-order valence-electron chi connectivity index (χ3n) is 4.90. The summed E-state index contributed by atoms with van der Waals surface area (Å²) in [6, 6.07) is 2.78. The van der Waals surface area contributed by atoms with E-state index in [1.54, 1.807) is 0 Å². The summed E-state index contributed by atoms with van der Waals surface area (Å²) in [6.07, 6.45) is 10.7. The number of hydrogen-bond donors (Lipinski definition) is 1. The van der Waals surface area contributed by atoms with Gasteiger partial charge in [-0.2, -0.15) is 5.10 Å². The van der Waals surface area contributed by atoms with Gasteiger partial charge in [-0.25, -0.2) is 0 Å². The van der Waals surface area contributed by atoms with Crippen LogP contribution in [0.15, 0.2) is 12.3 Å². The van der Waals surface area contributed by atoms with Gasteiger partial charge < -0.3 is 5.32 Å². The minimum Gasteiger partial charge on any atom is -0.319 e. The van der Waals surface area contributed by atoms with Crippen LogP contribution >= 0.6 is 0 Å². The largest absolute Gasteiger partial charge is 0.319 e. The molecule has 0 bridgehead atoms. The second kappa shape index (κ2) is 9.24. The highest BCUT2D eigenvalue weighted by Gasteiger charge is 2.28. The molecule has 1 aromatic rings. The highest BCUT2D eigenvalue weighted by Crippen LogP contribution is 2.32. The fraction of sp³-hybridized carbons (Fsp3) is 0.833. The van der Waals surface area contributed by atoms with Crippen LogP contribution < -0.4 is 5.32 Å². The molecule has 21 heavy (non-hydrogen) atoms. The number of nitrogens with one attached hydrogen (secondary N) is 1. The van der Waals surface area contributed by atoms with E-state index < -0.39 is 0 Å². The van der Waals surface area contributed by atoms with Crippen molar-refractivity contribution >= 4 is 0 Å². The lowest BCUT2D eigenvalue weighted by Crippen LogP contribution is -2.34. The molecule has 0 aliphatic carbocycles. The van der Waals surface area contributed by atoms with Crippen molar-refractivity contribution in [2.24, 2.45) is 5.41 Å². The highest BCUT2D eigenvalue weighted by atomic mass is 15.3. The molecule has 0 radical (unpaired) electrons. The van der Waals surface area contributed by atoms with Gasteiger partial charge in [-0.1, -0.05) is 40.5 Å². The lowest BCUT2D eigenvalue weighted by molar-refractivity contribution is 0.231. The Hall–Kier alpha value is -0.830. The predicted octanol–water partition coefficient (Wildman–Crippen LogP) is 4.59. The molecule has 1 atom stereocenters. The van der Waals surface area contributed by atoms with Crippen molar-refractivity contribution in [3.63, 3.8) is 0 Å². The Labute approximate surface area is 131 Å². The first kappa shape index (κ1) is 18.2. The molecule has 0 amide bonds. The molecule has 0 fully saturated rings. The van der Waals surface area contributed by atoms with E-state index in [4.69, 9.17) is 5.10 Å². The summed E-state index contributed by atoms with van der Waals surface area (Å²) in [5, 5.41) is 8.27. The summed E-state index contributed by atoms with van der Waals surface area (Å²) < 4.78 is 2.18. The van der Waals surface area contributed by atoms with Crippen LogP contribution in [0.2, 0.25) is 0 Å². The van der Waals surface area contributed by atoms with E-state index >= 15 is 0 Å². The van der Waals surface area contributed by atoms with E-state index in [0.717, 1.165) is 25.8 Å². The molecule has 1 rings (SSSR count). The van der Waals surface area contributed by atoms with Gasteiger partial charge in [0, 0.05) is 12.7 Å². The second-order valence-corrected chi connectivity index (χ2v) is 6.42. The SMILES string of the molecule is CCCCC(CC)(CNC)Cc1ccn(C(CC)CC)n1. The van der Waals surface area contributed by atoms with E-state index in [0.29, 0.717) is 11.5 Å². The molecule has 1 N–H and O–H groups in total. The van der Waals surface area contributed by atoms with Gasteiger partial charge in [-0.15, -0.1) is 0 Å². The number of nitrogens with zero attached hydrogens (tertiary/aromatic N) is 2. The first-order valence-corrected chi connectivity index (χ1v) is 8.83. The van der Waals surface area contributed by atoms with E-state index in [2.05, 4.69) is 57.0 Å². The summed E-state index contributed by atoms with van der Waals surface area (Å²) in [6.45, 7) is 10.2. The van der Waals surface area contributed by atoms with Gasteiger partial charge in [0.1, 0.15) is 0 Å². The van der Waals surface area contributed by atoms with Crippen molar-refractivity contribution in [1.29, 1.82) is 0 Å². The van der Waals surface area contributed by atoms with E-state index in [-0.39, 0.29) is 0 Å². The van der Waals surface area contributed by atoms with E-state index in [1.807, 2.05) is 0 Å². The first-order chi connectivity index (χ1) is 10.1. The Morgan fingerprint density at radius 1 is 1.24 bits per heavy atom. The Morgan fingerprint density at radius 3 is 2.48 bits per heavy atom. The van der Waals surface area contributed by atoms with Gasteiger partial charge in [0.05, 0.1) is 11.7 Å². The summed E-state index contributed by atoms with van der Waals surface area (Å²) in [4.78, 5) is 0. The lowest BCUT2D eigenvalue weighted by atomic mass is 9.76. The highest BCUT2D eigenvalue weighted by molar-refractivity contribution is 5.04. The Kier molecular flexibility index (Phi) is 8.02. The molecule has 0 aromatic carbocycles. The fourth-order valence-corrected chi connectivity index (χ4v) is 3.31. The molecule has 122 valence electrons. The normalized spacial score (nSPS) is 14.6. The van der Waals surface area contributed by atoms with Crippen LogP contribution in [0.4, 0.5) is 0 Å². The summed E-state index contributed by atoms with van der Waals surface area (Å²) >= 11 is 0. The van der Waals surface area contributed by atoms with Crippen molar-refractivity contribution in [3.8, 4) is 0 Å². The minimum absolute atomic E-state index is 0.359. The number of unbranched alkanes of at least 4 members (excludes halogenated alkanes) is 1. The lowest BCUT2D eigenvalue weighted by Gasteiger charge is -2.32. The predicted molar refractivity (Wildman–Crippen MR) is 91.7 cm³/mol. The van der Waals surface area contributed by atoms with Crippen LogP contribution in [-0.4, -0.2) is 23.4 Å². The standard InChI is InChI=1S/C18H35N3/c1-6-10-12-18(9-4,15-19-5)14-16-11-13-21(20-16)17(7-2)8-3/h11,13,17,19H,6-10,12,14-15H2,1-5H3. The first-order valence-electron chi connectivity index (χ1n) is 8.83. The molecule has 0 saturated carbocycles. The molecule has 3 nitrogen and oxygen atoms in total. The number of hydrogen-bond acceptors (Lipinski definition) is 2. The van der Waals surface area contributed by atoms with Crippen LogP contribution in [0.25, 0.3) is 0 Å². The van der Waals surface area contributed by atoms with Crippen molar-refractivity contribution < 1.29 is 0 Å². The van der Waals surface area contributed by atoms with Crippen LogP contribution in [0.3, 0.4) is 0 Å². The van der Waals surface area contributed by atoms with Gasteiger partial charge in [-0.05, 0) is 50.6 Å². The molecule has 1 heterocycles. The molecule has 3 heteroatoms. The van der Waals surface area contributed by atoms with Crippen LogP contribution in [0.5, 0.6) is 0 Å². The maximum atomic E-state index is 4.86. The van der Waals surface area contributed by atoms with Crippen molar-refractivity contribution in [3.05, 3.63) is 18.0 Å². The van der Waals surface area contributed by atoms with Crippen molar-refractivity contribution in [2.45, 2.75) is 78.7 Å². The van der Waals surface area contributed by atoms with Crippen molar-refractivity contribution in [2.75, 3.05) is 13.6 Å². The zero-order valence-electron chi connectivity index (χ0n) is 14.8. The Bertz CT molecular complexity index is 382. The third-order valence-corrected chi connectivity index (χ3v) is 4.90. The monoisotopic (exact) mass is 293 g/mol. The molecule has 0 aliphatic heterocycles. The van der Waals surface area contributed by atoms with E-state index in [9.17, 15) is 0 Å². The number of aromatic nitrogens is 2. The van der Waals surface area contributed by atoms with E-state index in [1.165, 1.54) is 31.4 Å². The quantitative estimate of drug-likeness (QED) is 0.646. The second-order valence-electron chi connectivity index (χ2n) is 6.42. The maximum Gasteiger partial charge on any atom is 0.0630 e. The molecule has 0 aliphatic rings. The molecule has 0 spiro atoms. The fourth-order valence-electron chi connectivity index (χ4n) is 3.31. The average molecular weight is 293 g/mol. The van der Waals surface area contributed by atoms with Gasteiger partial charge in [0.2, 0.25) is 0 Å². The Morgan fingerprint density at radius 2 is 1.95 bits per heavy atom. The van der Waals surface area contributed by atoms with Gasteiger partial charge >= 0.3 is 0 Å². The minimum atomic E-state index is 0.359. The smallest absolute Gasteiger partial charge is 0.0630 e. The summed E-state index contributed by atoms with van der Waals surface area (Å²) in [5.74, 6) is 0. The third kappa shape index (κ3) is 5.14. The molecule has 1 unspecified atom stereocenters. The topological polar surface area (TPSA) is 29.9 Å². The molecule has 1 aromatic heterocycles. The van der Waals surface area contributed by atoms with Gasteiger partial charge in [-0.3, -0.25) is 4.68 Å². The zero-order chi connectivity index (χ0) is 15.7. The molecular formula is C18H35N3. The maximum absolute atomic E-state index is 4.86. The molecule has 0 saturated heterocycles. The van der Waals surface area contributed by atoms with Crippen LogP contribution in [0, 0.1) is 5.41 Å². The number of rotatable bonds is 11. The average Bonchev–Trinajstić information content (AvgIpc) is 2.94. The zero-order valence-corrected chi connectivity index (χ0v) is 14.8. The van der Waals surface area contributed by atoms with Crippen LogP contribution in [-0.2, 0) is 6.42 Å². The summed E-state index contributed by atoms with van der Waals surface area (Å²) in [7, 11) is 2.07. The molecular weight excluding hydrogens is 258 g/mol. The van der Waals surface area contributed by atoms with Gasteiger partial charge in [0.15, 0.2) is 0 Å². The van der Waals surface area contributed by atoms with Crippen LogP contribution in [0.1, 0.15) is 78.0 Å². The van der Waals surface area contributed by atoms with Crippen molar-refractivity contribution in [1.82, 2.24) is 15.1 Å². The van der Waals surface area contributed by atoms with Gasteiger partial charge in [0.25, 0.3) is 0 Å². The summed E-state index contributed by atoms with van der Waals surface area (Å²) in [5.41, 5.74) is 1.62. The Balaban J connectivity index is 2.82.